The fourth-order valence-corrected chi connectivity index (χ4v) is 2.59. The van der Waals surface area contributed by atoms with Crippen LogP contribution >= 0.6 is 23.7 Å². The average molecular weight is 269 g/mol. The first-order valence-electron chi connectivity index (χ1n) is 5.30. The standard InChI is InChI=1S/C13H16N2S.ClH/c1-7-5-9(3)11(6-8(7)2)12-10(4)16-13(14)15-12;/h5-6H,1-4H3,(H2,14,15);1H. The molecule has 0 saturated heterocycles. The maximum Gasteiger partial charge on any atom is 0.180 e. The maximum absolute atomic E-state index is 5.74. The fourth-order valence-electron chi connectivity index (χ4n) is 1.88. The van der Waals surface area contributed by atoms with Crippen LogP contribution in [-0.2, 0) is 0 Å². The van der Waals surface area contributed by atoms with Gasteiger partial charge in [0.05, 0.1) is 5.69 Å². The van der Waals surface area contributed by atoms with Crippen molar-refractivity contribution in [3.63, 3.8) is 0 Å². The van der Waals surface area contributed by atoms with Gasteiger partial charge in [-0.2, -0.15) is 0 Å². The first-order chi connectivity index (χ1) is 7.49. The van der Waals surface area contributed by atoms with Gasteiger partial charge in [-0.1, -0.05) is 6.07 Å². The Hall–Kier alpha value is -1.06. The zero-order chi connectivity index (χ0) is 11.9. The summed E-state index contributed by atoms with van der Waals surface area (Å²) in [6.07, 6.45) is 0. The van der Waals surface area contributed by atoms with Gasteiger partial charge in [-0.15, -0.1) is 23.7 Å². The van der Waals surface area contributed by atoms with Gasteiger partial charge in [0.15, 0.2) is 5.13 Å². The van der Waals surface area contributed by atoms with Crippen LogP contribution in [0, 0.1) is 27.7 Å². The molecular weight excluding hydrogens is 252 g/mol. The number of halogens is 1. The Kier molecular flexibility index (Phi) is 4.17. The molecule has 1 heterocycles. The van der Waals surface area contributed by atoms with E-state index >= 15 is 0 Å². The van der Waals surface area contributed by atoms with Gasteiger partial charge in [-0.3, -0.25) is 0 Å². The molecule has 2 rings (SSSR count). The van der Waals surface area contributed by atoms with E-state index in [4.69, 9.17) is 5.73 Å². The van der Waals surface area contributed by atoms with Crippen LogP contribution in [0.4, 0.5) is 5.13 Å². The second-order valence-corrected chi connectivity index (χ2v) is 5.44. The van der Waals surface area contributed by atoms with Crippen LogP contribution in [0.5, 0.6) is 0 Å². The number of benzene rings is 1. The molecule has 0 spiro atoms. The molecule has 4 heteroatoms. The Balaban J connectivity index is 0.00000144. The van der Waals surface area contributed by atoms with Crippen LogP contribution in [-0.4, -0.2) is 4.98 Å². The zero-order valence-corrected chi connectivity index (χ0v) is 12.1. The van der Waals surface area contributed by atoms with Crippen molar-refractivity contribution in [2.24, 2.45) is 0 Å². The minimum Gasteiger partial charge on any atom is -0.375 e. The number of nitrogens with two attached hydrogens (primary N) is 1. The third kappa shape index (κ3) is 2.61. The lowest BCUT2D eigenvalue weighted by Gasteiger charge is -2.08. The SMILES string of the molecule is Cc1cc(C)c(-c2nc(N)sc2C)cc1C.Cl. The van der Waals surface area contributed by atoms with Gasteiger partial charge < -0.3 is 5.73 Å². The molecule has 0 aliphatic heterocycles. The van der Waals surface area contributed by atoms with E-state index in [9.17, 15) is 0 Å². The summed E-state index contributed by atoms with van der Waals surface area (Å²) in [5, 5.41) is 0.644. The van der Waals surface area contributed by atoms with Crippen LogP contribution in [0.2, 0.25) is 0 Å². The number of aromatic nitrogens is 1. The third-order valence-corrected chi connectivity index (χ3v) is 3.71. The number of thiazole rings is 1. The van der Waals surface area contributed by atoms with Crippen molar-refractivity contribution in [3.8, 4) is 11.3 Å². The molecule has 1 aromatic heterocycles. The molecule has 0 unspecified atom stereocenters. The number of hydrogen-bond donors (Lipinski definition) is 1. The Morgan fingerprint density at radius 3 is 2.12 bits per heavy atom. The maximum atomic E-state index is 5.74. The molecule has 0 fully saturated rings. The highest BCUT2D eigenvalue weighted by atomic mass is 35.5. The van der Waals surface area contributed by atoms with Gasteiger partial charge in [0.25, 0.3) is 0 Å². The Morgan fingerprint density at radius 1 is 1.00 bits per heavy atom. The van der Waals surface area contributed by atoms with Gasteiger partial charge in [0, 0.05) is 10.4 Å². The lowest BCUT2D eigenvalue weighted by molar-refractivity contribution is 1.27. The van der Waals surface area contributed by atoms with Crippen LogP contribution in [0.25, 0.3) is 11.3 Å². The second-order valence-electron chi connectivity index (χ2n) is 4.21. The third-order valence-electron chi connectivity index (χ3n) is 2.91. The van der Waals surface area contributed by atoms with Crippen LogP contribution < -0.4 is 5.73 Å². The lowest BCUT2D eigenvalue weighted by Crippen LogP contribution is -1.91. The van der Waals surface area contributed by atoms with Crippen LogP contribution in [0.15, 0.2) is 12.1 Å². The summed E-state index contributed by atoms with van der Waals surface area (Å²) in [6, 6.07) is 4.41. The van der Waals surface area contributed by atoms with Gasteiger partial charge >= 0.3 is 0 Å². The summed E-state index contributed by atoms with van der Waals surface area (Å²) in [4.78, 5) is 5.59. The van der Waals surface area contributed by atoms with Crippen molar-refractivity contribution in [1.29, 1.82) is 0 Å². The average Bonchev–Trinajstić information content (AvgIpc) is 2.51. The Labute approximate surface area is 112 Å². The predicted molar refractivity (Wildman–Crippen MR) is 78.2 cm³/mol. The summed E-state index contributed by atoms with van der Waals surface area (Å²) in [7, 11) is 0. The molecular formula is C13H17ClN2S. The highest BCUT2D eigenvalue weighted by Crippen LogP contribution is 2.32. The quantitative estimate of drug-likeness (QED) is 0.847. The summed E-state index contributed by atoms with van der Waals surface area (Å²) in [5.41, 5.74) is 11.9. The van der Waals surface area contributed by atoms with Crippen LogP contribution in [0.3, 0.4) is 0 Å². The van der Waals surface area contributed by atoms with Gasteiger partial charge in [0.1, 0.15) is 0 Å². The van der Waals surface area contributed by atoms with Crippen molar-refractivity contribution in [2.45, 2.75) is 27.7 Å². The lowest BCUT2D eigenvalue weighted by atomic mass is 9.98. The first kappa shape index (κ1) is 14.0. The highest BCUT2D eigenvalue weighted by Gasteiger charge is 2.11. The van der Waals surface area contributed by atoms with Gasteiger partial charge in [-0.25, -0.2) is 4.98 Å². The molecule has 0 aliphatic carbocycles. The smallest absolute Gasteiger partial charge is 0.180 e. The van der Waals surface area contributed by atoms with E-state index < -0.39 is 0 Å². The number of nitrogens with zero attached hydrogens (tertiary/aromatic N) is 1. The fraction of sp³-hybridized carbons (Fsp3) is 0.308. The van der Waals surface area contributed by atoms with E-state index in [2.05, 4.69) is 44.8 Å². The molecule has 0 aliphatic rings. The predicted octanol–water partition coefficient (Wildman–Crippen LogP) is 4.05. The molecule has 92 valence electrons. The number of rotatable bonds is 1. The largest absolute Gasteiger partial charge is 0.375 e. The number of anilines is 1. The summed E-state index contributed by atoms with van der Waals surface area (Å²) < 4.78 is 0. The molecule has 0 atom stereocenters. The number of nitrogen functional groups attached to an aromatic ring is 1. The van der Waals surface area contributed by atoms with E-state index in [1.54, 1.807) is 11.3 Å². The highest BCUT2D eigenvalue weighted by molar-refractivity contribution is 7.15. The van der Waals surface area contributed by atoms with E-state index in [-0.39, 0.29) is 12.4 Å². The molecule has 0 radical (unpaired) electrons. The van der Waals surface area contributed by atoms with Crippen molar-refractivity contribution >= 4 is 28.9 Å². The summed E-state index contributed by atoms with van der Waals surface area (Å²) in [6.45, 7) is 8.45. The first-order valence-corrected chi connectivity index (χ1v) is 6.12. The molecule has 17 heavy (non-hydrogen) atoms. The van der Waals surface area contributed by atoms with Crippen molar-refractivity contribution < 1.29 is 0 Å². The summed E-state index contributed by atoms with van der Waals surface area (Å²) >= 11 is 1.55. The molecule has 0 saturated carbocycles. The second kappa shape index (κ2) is 5.07. The van der Waals surface area contributed by atoms with Gasteiger partial charge in [0.2, 0.25) is 0 Å². The van der Waals surface area contributed by atoms with E-state index in [0.717, 1.165) is 5.69 Å². The monoisotopic (exact) mass is 268 g/mol. The summed E-state index contributed by atoms with van der Waals surface area (Å²) in [5.74, 6) is 0. The normalized spacial score (nSPS) is 10.1. The van der Waals surface area contributed by atoms with E-state index in [1.165, 1.54) is 27.1 Å². The van der Waals surface area contributed by atoms with Crippen molar-refractivity contribution in [2.75, 3.05) is 5.73 Å². The molecule has 0 amide bonds. The van der Waals surface area contributed by atoms with Gasteiger partial charge in [-0.05, 0) is 50.5 Å². The number of hydrogen-bond acceptors (Lipinski definition) is 3. The van der Waals surface area contributed by atoms with E-state index in [0.29, 0.717) is 5.13 Å². The molecule has 2 aromatic rings. The number of aryl methyl sites for hydroxylation is 4. The minimum atomic E-state index is 0. The zero-order valence-electron chi connectivity index (χ0n) is 10.5. The molecule has 2 nitrogen and oxygen atoms in total. The molecule has 1 aromatic carbocycles. The van der Waals surface area contributed by atoms with Crippen molar-refractivity contribution in [1.82, 2.24) is 4.98 Å². The van der Waals surface area contributed by atoms with Crippen LogP contribution in [0.1, 0.15) is 21.6 Å². The van der Waals surface area contributed by atoms with E-state index in [1.807, 2.05) is 0 Å². The topological polar surface area (TPSA) is 38.9 Å². The van der Waals surface area contributed by atoms with Crippen molar-refractivity contribution in [3.05, 3.63) is 33.7 Å². The molecule has 0 bridgehead atoms. The molecule has 2 N–H and O–H groups in total. The minimum absolute atomic E-state index is 0. The Morgan fingerprint density at radius 2 is 1.59 bits per heavy atom. The Bertz CT molecular complexity index is 547.